The van der Waals surface area contributed by atoms with E-state index in [1.165, 1.54) is 0 Å². The van der Waals surface area contributed by atoms with Crippen molar-refractivity contribution in [3.8, 4) is 11.5 Å². The van der Waals surface area contributed by atoms with Crippen molar-refractivity contribution in [1.82, 2.24) is 0 Å². The summed E-state index contributed by atoms with van der Waals surface area (Å²) in [4.78, 5) is 11.4. The molecule has 0 fully saturated rings. The zero-order valence-corrected chi connectivity index (χ0v) is 13.1. The van der Waals surface area contributed by atoms with Gasteiger partial charge >= 0.3 is 5.97 Å². The summed E-state index contributed by atoms with van der Waals surface area (Å²) in [6.45, 7) is 1.90. The van der Waals surface area contributed by atoms with E-state index < -0.39 is 12.1 Å². The van der Waals surface area contributed by atoms with Crippen molar-refractivity contribution in [2.24, 2.45) is 0 Å². The van der Waals surface area contributed by atoms with Crippen molar-refractivity contribution < 1.29 is 19.4 Å². The number of halogens is 1. The monoisotopic (exact) mass is 320 g/mol. The van der Waals surface area contributed by atoms with Gasteiger partial charge in [-0.15, -0.1) is 0 Å². The summed E-state index contributed by atoms with van der Waals surface area (Å²) in [5, 5.41) is 10.00. The zero-order valence-electron chi connectivity index (χ0n) is 12.4. The number of ether oxygens (including phenoxy) is 2. The second-order valence-corrected chi connectivity index (χ2v) is 5.33. The van der Waals surface area contributed by atoms with Gasteiger partial charge in [0.1, 0.15) is 11.5 Å². The average molecular weight is 321 g/mol. The van der Waals surface area contributed by atoms with Gasteiger partial charge in [-0.05, 0) is 54.4 Å². The van der Waals surface area contributed by atoms with Crippen LogP contribution in [0.2, 0.25) is 5.02 Å². The summed E-state index contributed by atoms with van der Waals surface area (Å²) in [6.07, 6.45) is -0.696. The van der Waals surface area contributed by atoms with E-state index in [1.807, 2.05) is 19.1 Å². The Labute approximate surface area is 134 Å². The molecule has 0 unspecified atom stereocenters. The number of aliphatic carboxylic acids is 1. The molecule has 116 valence electrons. The molecule has 1 atom stereocenters. The summed E-state index contributed by atoms with van der Waals surface area (Å²) < 4.78 is 10.6. The molecule has 5 heteroatoms. The predicted molar refractivity (Wildman–Crippen MR) is 84.9 cm³/mol. The normalized spacial score (nSPS) is 11.8. The third kappa shape index (κ3) is 4.15. The molecule has 0 amide bonds. The minimum atomic E-state index is -1.01. The van der Waals surface area contributed by atoms with Crippen molar-refractivity contribution in [3.63, 3.8) is 0 Å². The average Bonchev–Trinajstić information content (AvgIpc) is 2.49. The molecule has 0 spiro atoms. The van der Waals surface area contributed by atoms with E-state index >= 15 is 0 Å². The number of carboxylic acids is 1. The molecule has 0 aliphatic rings. The quantitative estimate of drug-likeness (QED) is 0.881. The molecular formula is C17H17ClO4. The summed E-state index contributed by atoms with van der Waals surface area (Å²) in [5.41, 5.74) is 1.84. The molecule has 4 nitrogen and oxygen atoms in total. The van der Waals surface area contributed by atoms with Crippen LogP contribution in [0, 0.1) is 6.92 Å². The van der Waals surface area contributed by atoms with Crippen LogP contribution >= 0.6 is 11.6 Å². The molecule has 0 saturated carbocycles. The van der Waals surface area contributed by atoms with Crippen molar-refractivity contribution in [1.29, 1.82) is 0 Å². The number of benzene rings is 2. The Bertz CT molecular complexity index is 652. The molecular weight excluding hydrogens is 304 g/mol. The van der Waals surface area contributed by atoms with Crippen LogP contribution in [0.4, 0.5) is 0 Å². The van der Waals surface area contributed by atoms with Crippen LogP contribution in [0.15, 0.2) is 42.5 Å². The van der Waals surface area contributed by atoms with Crippen LogP contribution in [0.25, 0.3) is 0 Å². The van der Waals surface area contributed by atoms with E-state index in [1.54, 1.807) is 37.4 Å². The highest BCUT2D eigenvalue weighted by molar-refractivity contribution is 6.30. The number of methoxy groups -OCH3 is 1. The molecule has 0 saturated heterocycles. The summed E-state index contributed by atoms with van der Waals surface area (Å²) in [6, 6.07) is 12.2. The molecule has 22 heavy (non-hydrogen) atoms. The van der Waals surface area contributed by atoms with E-state index in [2.05, 4.69) is 0 Å². The van der Waals surface area contributed by atoms with Crippen molar-refractivity contribution in [2.45, 2.75) is 19.4 Å². The van der Waals surface area contributed by atoms with Gasteiger partial charge < -0.3 is 14.6 Å². The molecule has 0 aliphatic heterocycles. The van der Waals surface area contributed by atoms with Crippen LogP contribution < -0.4 is 9.47 Å². The molecule has 0 aromatic heterocycles. The van der Waals surface area contributed by atoms with Gasteiger partial charge in [-0.25, -0.2) is 4.79 Å². The number of hydrogen-bond donors (Lipinski definition) is 1. The summed E-state index contributed by atoms with van der Waals surface area (Å²) >= 11 is 5.91. The smallest absolute Gasteiger partial charge is 0.345 e. The van der Waals surface area contributed by atoms with Gasteiger partial charge in [0, 0.05) is 11.4 Å². The Hall–Kier alpha value is -2.20. The van der Waals surface area contributed by atoms with Gasteiger partial charge in [-0.3, -0.25) is 0 Å². The maximum absolute atomic E-state index is 11.4. The second-order valence-electron chi connectivity index (χ2n) is 4.90. The van der Waals surface area contributed by atoms with E-state index in [-0.39, 0.29) is 6.42 Å². The van der Waals surface area contributed by atoms with Gasteiger partial charge in [0.15, 0.2) is 6.10 Å². The Morgan fingerprint density at radius 1 is 1.18 bits per heavy atom. The van der Waals surface area contributed by atoms with Crippen LogP contribution in [-0.2, 0) is 11.2 Å². The first-order valence-corrected chi connectivity index (χ1v) is 7.16. The lowest BCUT2D eigenvalue weighted by molar-refractivity contribution is -0.145. The number of hydrogen-bond acceptors (Lipinski definition) is 3. The van der Waals surface area contributed by atoms with Crippen LogP contribution in [0.5, 0.6) is 11.5 Å². The third-order valence-corrected chi connectivity index (χ3v) is 3.56. The largest absolute Gasteiger partial charge is 0.497 e. The fourth-order valence-electron chi connectivity index (χ4n) is 2.09. The highest BCUT2D eigenvalue weighted by Crippen LogP contribution is 2.21. The van der Waals surface area contributed by atoms with Gasteiger partial charge in [0.2, 0.25) is 0 Å². The van der Waals surface area contributed by atoms with Crippen LogP contribution in [0.3, 0.4) is 0 Å². The highest BCUT2D eigenvalue weighted by Gasteiger charge is 2.21. The number of carbonyl (C=O) groups is 1. The van der Waals surface area contributed by atoms with Crippen LogP contribution in [-0.4, -0.2) is 24.3 Å². The minimum Gasteiger partial charge on any atom is -0.497 e. The first-order valence-electron chi connectivity index (χ1n) is 6.78. The molecule has 2 rings (SSSR count). The lowest BCUT2D eigenvalue weighted by Crippen LogP contribution is -2.29. The zero-order chi connectivity index (χ0) is 16.1. The Morgan fingerprint density at radius 2 is 1.82 bits per heavy atom. The minimum absolute atomic E-state index is 0.268. The molecule has 1 N–H and O–H groups in total. The van der Waals surface area contributed by atoms with Crippen LogP contribution in [0.1, 0.15) is 11.1 Å². The maximum atomic E-state index is 11.4. The van der Waals surface area contributed by atoms with Crippen molar-refractivity contribution in [2.75, 3.05) is 7.11 Å². The fraction of sp³-hybridized carbons (Fsp3) is 0.235. The van der Waals surface area contributed by atoms with Crippen molar-refractivity contribution >= 4 is 17.6 Å². The first kappa shape index (κ1) is 16.2. The SMILES string of the molecule is COc1ccc(O[C@@H](Cc2ccc(Cl)cc2C)C(=O)O)cc1. The Balaban J connectivity index is 2.14. The summed E-state index contributed by atoms with van der Waals surface area (Å²) in [5.74, 6) is 0.165. The Kier molecular flexibility index (Phi) is 5.28. The van der Waals surface area contributed by atoms with Gasteiger partial charge in [0.25, 0.3) is 0 Å². The third-order valence-electron chi connectivity index (χ3n) is 3.32. The first-order chi connectivity index (χ1) is 10.5. The predicted octanol–water partition coefficient (Wildman–Crippen LogP) is 3.73. The topological polar surface area (TPSA) is 55.8 Å². The maximum Gasteiger partial charge on any atom is 0.345 e. The van der Waals surface area contributed by atoms with E-state index in [4.69, 9.17) is 21.1 Å². The number of carboxylic acid groups (broad SMARTS) is 1. The van der Waals surface area contributed by atoms with Gasteiger partial charge in [0.05, 0.1) is 7.11 Å². The molecule has 0 radical (unpaired) electrons. The molecule has 0 aliphatic carbocycles. The lowest BCUT2D eigenvalue weighted by Gasteiger charge is -2.16. The van der Waals surface area contributed by atoms with Gasteiger partial charge in [-0.1, -0.05) is 17.7 Å². The fourth-order valence-corrected chi connectivity index (χ4v) is 2.31. The molecule has 0 heterocycles. The molecule has 2 aromatic carbocycles. The summed E-state index contributed by atoms with van der Waals surface area (Å²) in [7, 11) is 1.57. The molecule has 2 aromatic rings. The van der Waals surface area contributed by atoms with Crippen molar-refractivity contribution in [3.05, 3.63) is 58.6 Å². The Morgan fingerprint density at radius 3 is 2.36 bits per heavy atom. The number of aryl methyl sites for hydroxylation is 1. The lowest BCUT2D eigenvalue weighted by atomic mass is 10.0. The highest BCUT2D eigenvalue weighted by atomic mass is 35.5. The second kappa shape index (κ2) is 7.18. The van der Waals surface area contributed by atoms with Gasteiger partial charge in [-0.2, -0.15) is 0 Å². The standard InChI is InChI=1S/C17H17ClO4/c1-11-9-13(18)4-3-12(11)10-16(17(19)20)22-15-7-5-14(21-2)6-8-15/h3-9,16H,10H2,1-2H3,(H,19,20)/t16-/m0/s1. The molecule has 0 bridgehead atoms. The van der Waals surface area contributed by atoms with E-state index in [9.17, 15) is 9.90 Å². The number of rotatable bonds is 6. The van der Waals surface area contributed by atoms with E-state index in [0.717, 1.165) is 11.1 Å². The van der Waals surface area contributed by atoms with E-state index in [0.29, 0.717) is 16.5 Å².